The maximum Gasteiger partial charge on any atom is 0.326 e. The van der Waals surface area contributed by atoms with Crippen LogP contribution in [0, 0.1) is 11.8 Å². The van der Waals surface area contributed by atoms with Crippen LogP contribution in [0.3, 0.4) is 0 Å². The summed E-state index contributed by atoms with van der Waals surface area (Å²) in [7, 11) is 0. The molecule has 0 saturated carbocycles. The summed E-state index contributed by atoms with van der Waals surface area (Å²) in [4.78, 5) is 76.9. The van der Waals surface area contributed by atoms with E-state index in [4.69, 9.17) is 10.8 Å². The molecular formula is C29H43N5O8. The molecule has 1 saturated heterocycles. The third-order valence-electron chi connectivity index (χ3n) is 7.04. The lowest BCUT2D eigenvalue weighted by Gasteiger charge is -2.31. The highest BCUT2D eigenvalue weighted by Gasteiger charge is 2.40. The van der Waals surface area contributed by atoms with Crippen LogP contribution in [0.2, 0.25) is 0 Å². The number of likely N-dealkylation sites (tertiary alicyclic amines) is 1. The molecule has 232 valence electrons. The van der Waals surface area contributed by atoms with Gasteiger partial charge in [0, 0.05) is 13.0 Å². The van der Waals surface area contributed by atoms with Crippen LogP contribution in [0.4, 0.5) is 0 Å². The number of carbonyl (C=O) groups excluding carboxylic acids is 4. The van der Waals surface area contributed by atoms with Gasteiger partial charge in [-0.3, -0.25) is 24.0 Å². The zero-order valence-electron chi connectivity index (χ0n) is 24.5. The molecule has 2 rings (SSSR count). The number of carboxylic acid groups (broad SMARTS) is 2. The molecule has 4 amide bonds. The number of amides is 4. The number of nitrogens with two attached hydrogens (primary N) is 1. The van der Waals surface area contributed by atoms with Crippen molar-refractivity contribution in [1.29, 1.82) is 0 Å². The molecule has 13 heteroatoms. The van der Waals surface area contributed by atoms with Crippen LogP contribution < -0.4 is 21.7 Å². The number of nitrogens with zero attached hydrogens (tertiary/aromatic N) is 1. The molecule has 0 unspecified atom stereocenters. The van der Waals surface area contributed by atoms with Crippen molar-refractivity contribution in [2.24, 2.45) is 17.6 Å². The molecule has 1 aromatic rings. The predicted octanol–water partition coefficient (Wildman–Crippen LogP) is 0.263. The Hall–Kier alpha value is -4.00. The fraction of sp³-hybridized carbons (Fsp3) is 0.586. The van der Waals surface area contributed by atoms with Crippen LogP contribution >= 0.6 is 0 Å². The quantitative estimate of drug-likeness (QED) is 0.166. The number of hydrogen-bond donors (Lipinski definition) is 6. The van der Waals surface area contributed by atoms with Gasteiger partial charge >= 0.3 is 11.9 Å². The molecule has 1 fully saturated rings. The van der Waals surface area contributed by atoms with E-state index in [0.717, 1.165) is 5.56 Å². The normalized spacial score (nSPS) is 17.7. The molecule has 7 N–H and O–H groups in total. The average Bonchev–Trinajstić information content (AvgIpc) is 3.40. The highest BCUT2D eigenvalue weighted by atomic mass is 16.4. The van der Waals surface area contributed by atoms with Crippen LogP contribution in [0.1, 0.15) is 58.9 Å². The molecule has 5 atom stereocenters. The number of aliphatic carboxylic acids is 2. The molecule has 42 heavy (non-hydrogen) atoms. The maximum atomic E-state index is 13.9. The van der Waals surface area contributed by atoms with Crippen molar-refractivity contribution in [3.8, 4) is 0 Å². The number of benzene rings is 1. The maximum absolute atomic E-state index is 13.9. The summed E-state index contributed by atoms with van der Waals surface area (Å²) in [5.74, 6) is -5.47. The van der Waals surface area contributed by atoms with E-state index in [1.54, 1.807) is 44.2 Å². The molecule has 0 spiro atoms. The molecule has 1 aliphatic heterocycles. The topological polar surface area (TPSA) is 208 Å². The van der Waals surface area contributed by atoms with E-state index in [1.807, 2.05) is 13.8 Å². The van der Waals surface area contributed by atoms with E-state index in [-0.39, 0.29) is 31.2 Å². The minimum Gasteiger partial charge on any atom is -0.481 e. The van der Waals surface area contributed by atoms with Gasteiger partial charge in [0.15, 0.2) is 0 Å². The van der Waals surface area contributed by atoms with Gasteiger partial charge in [-0.05, 0) is 36.7 Å². The van der Waals surface area contributed by atoms with E-state index < -0.39 is 72.2 Å². The molecule has 0 aromatic heterocycles. The van der Waals surface area contributed by atoms with Gasteiger partial charge in [0.05, 0.1) is 12.5 Å². The molecular weight excluding hydrogens is 546 g/mol. The Balaban J connectivity index is 2.28. The van der Waals surface area contributed by atoms with Gasteiger partial charge in [0.25, 0.3) is 0 Å². The van der Waals surface area contributed by atoms with Gasteiger partial charge in [0.2, 0.25) is 23.6 Å². The third kappa shape index (κ3) is 10.1. The smallest absolute Gasteiger partial charge is 0.326 e. The monoisotopic (exact) mass is 589 g/mol. The second-order valence-electron chi connectivity index (χ2n) is 11.4. The Morgan fingerprint density at radius 2 is 1.57 bits per heavy atom. The summed E-state index contributed by atoms with van der Waals surface area (Å²) in [6, 6.07) is 3.35. The van der Waals surface area contributed by atoms with E-state index in [9.17, 15) is 33.9 Å². The van der Waals surface area contributed by atoms with Crippen molar-refractivity contribution >= 4 is 35.6 Å². The Labute approximate surface area is 245 Å². The molecule has 13 nitrogen and oxygen atoms in total. The predicted molar refractivity (Wildman–Crippen MR) is 153 cm³/mol. The lowest BCUT2D eigenvalue weighted by Crippen LogP contribution is -2.59. The average molecular weight is 590 g/mol. The first-order chi connectivity index (χ1) is 19.7. The molecule has 0 aliphatic carbocycles. The summed E-state index contributed by atoms with van der Waals surface area (Å²) in [5, 5.41) is 26.0. The first kappa shape index (κ1) is 34.2. The molecule has 0 bridgehead atoms. The third-order valence-corrected chi connectivity index (χ3v) is 7.04. The van der Waals surface area contributed by atoms with E-state index in [1.165, 1.54) is 4.90 Å². The van der Waals surface area contributed by atoms with Crippen molar-refractivity contribution in [3.05, 3.63) is 35.9 Å². The van der Waals surface area contributed by atoms with Gasteiger partial charge in [-0.1, -0.05) is 58.0 Å². The molecule has 1 heterocycles. The van der Waals surface area contributed by atoms with Crippen LogP contribution in [-0.2, 0) is 35.2 Å². The molecule has 1 aromatic carbocycles. The highest BCUT2D eigenvalue weighted by molar-refractivity contribution is 5.96. The van der Waals surface area contributed by atoms with Crippen LogP contribution in [0.25, 0.3) is 0 Å². The van der Waals surface area contributed by atoms with Crippen LogP contribution in [0.5, 0.6) is 0 Å². The Kier molecular flexibility index (Phi) is 12.9. The highest BCUT2D eigenvalue weighted by Crippen LogP contribution is 2.20. The second-order valence-corrected chi connectivity index (χ2v) is 11.4. The van der Waals surface area contributed by atoms with Crippen molar-refractivity contribution < 1.29 is 39.0 Å². The van der Waals surface area contributed by atoms with Gasteiger partial charge < -0.3 is 36.8 Å². The number of rotatable bonds is 15. The van der Waals surface area contributed by atoms with Crippen molar-refractivity contribution in [2.45, 2.75) is 90.0 Å². The Morgan fingerprint density at radius 3 is 2.12 bits per heavy atom. The van der Waals surface area contributed by atoms with Crippen LogP contribution in [0.15, 0.2) is 30.3 Å². The SMILES string of the molecule is CC(C)C[C@H](N)C(=O)N[C@H](C(=O)N[C@@H](Cc1ccccc1)C(=O)N1CCC[C@H]1C(=O)N[C@@H](CC(=O)O)C(=O)O)C(C)C. The standard InChI is InChI=1S/C29H43N5O8/c1-16(2)13-19(30)25(37)33-24(17(3)4)27(39)31-20(14-18-9-6-5-7-10-18)28(40)34-12-8-11-22(34)26(38)32-21(29(41)42)15-23(35)36/h5-7,9-10,16-17,19-22,24H,8,11-15,30H2,1-4H3,(H,31,39)(H,32,38)(H,33,37)(H,35,36)(H,41,42)/t19-,20-,21-,22-,24-/m0/s1. The second kappa shape index (κ2) is 15.9. The summed E-state index contributed by atoms with van der Waals surface area (Å²) in [5.41, 5.74) is 6.76. The van der Waals surface area contributed by atoms with Gasteiger partial charge in [-0.25, -0.2) is 4.79 Å². The van der Waals surface area contributed by atoms with Crippen LogP contribution in [-0.4, -0.2) is 87.4 Å². The van der Waals surface area contributed by atoms with Crippen molar-refractivity contribution in [2.75, 3.05) is 6.54 Å². The first-order valence-corrected chi connectivity index (χ1v) is 14.2. The lowest BCUT2D eigenvalue weighted by atomic mass is 9.99. The zero-order valence-corrected chi connectivity index (χ0v) is 24.5. The summed E-state index contributed by atoms with van der Waals surface area (Å²) in [6.45, 7) is 7.55. The summed E-state index contributed by atoms with van der Waals surface area (Å²) in [6.07, 6.45) is 0.392. The van der Waals surface area contributed by atoms with Gasteiger partial charge in [0.1, 0.15) is 24.2 Å². The van der Waals surface area contributed by atoms with E-state index >= 15 is 0 Å². The fourth-order valence-electron chi connectivity index (χ4n) is 4.87. The zero-order chi connectivity index (χ0) is 31.6. The van der Waals surface area contributed by atoms with Crippen molar-refractivity contribution in [1.82, 2.24) is 20.9 Å². The lowest BCUT2D eigenvalue weighted by molar-refractivity contribution is -0.148. The molecule has 0 radical (unpaired) electrons. The minimum absolute atomic E-state index is 0.0959. The van der Waals surface area contributed by atoms with Gasteiger partial charge in [-0.2, -0.15) is 0 Å². The largest absolute Gasteiger partial charge is 0.481 e. The molecule has 1 aliphatic rings. The van der Waals surface area contributed by atoms with E-state index in [2.05, 4.69) is 16.0 Å². The van der Waals surface area contributed by atoms with Crippen molar-refractivity contribution in [3.63, 3.8) is 0 Å². The first-order valence-electron chi connectivity index (χ1n) is 14.2. The van der Waals surface area contributed by atoms with Gasteiger partial charge in [-0.15, -0.1) is 0 Å². The number of carboxylic acids is 2. The van der Waals surface area contributed by atoms with E-state index in [0.29, 0.717) is 12.8 Å². The number of hydrogen-bond acceptors (Lipinski definition) is 7. The Morgan fingerprint density at radius 1 is 0.929 bits per heavy atom. The minimum atomic E-state index is -1.66. The number of nitrogens with one attached hydrogen (secondary N) is 3. The summed E-state index contributed by atoms with van der Waals surface area (Å²) >= 11 is 0. The summed E-state index contributed by atoms with van der Waals surface area (Å²) < 4.78 is 0. The fourth-order valence-corrected chi connectivity index (χ4v) is 4.87. The number of carbonyl (C=O) groups is 6. The Bertz CT molecular complexity index is 1130.